The Morgan fingerprint density at radius 3 is 2.43 bits per heavy atom. The number of aromatic nitrogens is 1. The van der Waals surface area contributed by atoms with Crippen LogP contribution >= 0.6 is 27.5 Å². The number of rotatable bonds is 5. The Kier molecular flexibility index (Phi) is 6.02. The van der Waals surface area contributed by atoms with Crippen molar-refractivity contribution in [2.45, 2.75) is 11.8 Å². The molecular weight excluding hydrogens is 466 g/mol. The summed E-state index contributed by atoms with van der Waals surface area (Å²) in [6.07, 6.45) is 1.34. The summed E-state index contributed by atoms with van der Waals surface area (Å²) in [5.41, 5.74) is 1.32. The Balaban J connectivity index is 1.86. The molecule has 0 aliphatic heterocycles. The van der Waals surface area contributed by atoms with Gasteiger partial charge in [0.2, 0.25) is 0 Å². The fraction of sp³-hybridized carbons (Fsp3) is 0.0526. The standard InChI is InChI=1S/C19H15BrClN3O3S/c1-12-2-3-13(19(25)23-16-7-4-14(20)5-8-16)10-17(12)28(26,27)24-18-9-6-15(21)11-22-18/h2-11H,1H3,(H,22,24)(H,23,25). The molecule has 3 rings (SSSR count). The molecule has 0 saturated carbocycles. The monoisotopic (exact) mass is 479 g/mol. The minimum atomic E-state index is -3.93. The molecule has 144 valence electrons. The first kappa shape index (κ1) is 20.3. The van der Waals surface area contributed by atoms with E-state index in [9.17, 15) is 13.2 Å². The fourth-order valence-corrected chi connectivity index (χ4v) is 4.05. The van der Waals surface area contributed by atoms with Crippen LogP contribution in [0.15, 0.2) is 70.2 Å². The molecule has 2 aromatic carbocycles. The van der Waals surface area contributed by atoms with Gasteiger partial charge in [-0.15, -0.1) is 0 Å². The summed E-state index contributed by atoms with van der Waals surface area (Å²) in [5, 5.41) is 3.13. The van der Waals surface area contributed by atoms with E-state index in [0.717, 1.165) is 4.47 Å². The van der Waals surface area contributed by atoms with Gasteiger partial charge in [0, 0.05) is 21.9 Å². The highest BCUT2D eigenvalue weighted by Crippen LogP contribution is 2.22. The van der Waals surface area contributed by atoms with Crippen molar-refractivity contribution >= 4 is 55.0 Å². The molecule has 1 heterocycles. The van der Waals surface area contributed by atoms with E-state index in [2.05, 4.69) is 31.0 Å². The molecule has 0 atom stereocenters. The molecule has 6 nitrogen and oxygen atoms in total. The van der Waals surface area contributed by atoms with Crippen molar-refractivity contribution in [1.82, 2.24) is 4.98 Å². The van der Waals surface area contributed by atoms with Crippen LogP contribution in [0.2, 0.25) is 5.02 Å². The number of carbonyl (C=O) groups excluding carboxylic acids is 1. The van der Waals surface area contributed by atoms with Crippen LogP contribution in [-0.4, -0.2) is 19.3 Å². The molecule has 1 amide bonds. The molecule has 9 heteroatoms. The number of nitrogens with one attached hydrogen (secondary N) is 2. The van der Waals surface area contributed by atoms with Crippen molar-refractivity contribution in [3.8, 4) is 0 Å². The summed E-state index contributed by atoms with van der Waals surface area (Å²) < 4.78 is 28.8. The van der Waals surface area contributed by atoms with Crippen LogP contribution in [-0.2, 0) is 10.0 Å². The molecule has 0 bridgehead atoms. The summed E-state index contributed by atoms with van der Waals surface area (Å²) >= 11 is 9.10. The van der Waals surface area contributed by atoms with Crippen LogP contribution in [0.5, 0.6) is 0 Å². The van der Waals surface area contributed by atoms with E-state index in [1.54, 1.807) is 43.3 Å². The number of halogens is 2. The second-order valence-corrected chi connectivity index (χ2v) is 8.91. The highest BCUT2D eigenvalue weighted by atomic mass is 79.9. The summed E-state index contributed by atoms with van der Waals surface area (Å²) in [6, 6.07) is 14.5. The molecule has 0 aliphatic rings. The number of amides is 1. The van der Waals surface area contributed by atoms with E-state index in [4.69, 9.17) is 11.6 Å². The highest BCUT2D eigenvalue weighted by Gasteiger charge is 2.20. The van der Waals surface area contributed by atoms with Gasteiger partial charge >= 0.3 is 0 Å². The number of benzene rings is 2. The molecule has 28 heavy (non-hydrogen) atoms. The lowest BCUT2D eigenvalue weighted by atomic mass is 10.1. The lowest BCUT2D eigenvalue weighted by Gasteiger charge is -2.12. The lowest BCUT2D eigenvalue weighted by Crippen LogP contribution is -2.17. The number of sulfonamides is 1. The topological polar surface area (TPSA) is 88.2 Å². The van der Waals surface area contributed by atoms with E-state index in [-0.39, 0.29) is 16.3 Å². The Labute approximate surface area is 176 Å². The quantitative estimate of drug-likeness (QED) is 0.546. The van der Waals surface area contributed by atoms with Gasteiger partial charge in [0.1, 0.15) is 5.82 Å². The summed E-state index contributed by atoms with van der Waals surface area (Å²) in [6.45, 7) is 1.65. The smallest absolute Gasteiger partial charge is 0.263 e. The molecule has 0 saturated heterocycles. The molecule has 0 fully saturated rings. The molecule has 0 aliphatic carbocycles. The largest absolute Gasteiger partial charge is 0.322 e. The van der Waals surface area contributed by atoms with E-state index in [1.807, 2.05) is 0 Å². The zero-order valence-corrected chi connectivity index (χ0v) is 17.8. The molecular formula is C19H15BrClN3O3S. The molecule has 2 N–H and O–H groups in total. The van der Waals surface area contributed by atoms with Crippen LogP contribution in [0.25, 0.3) is 0 Å². The average molecular weight is 481 g/mol. The van der Waals surface area contributed by atoms with Gasteiger partial charge in [0.05, 0.1) is 9.92 Å². The van der Waals surface area contributed by atoms with Crippen LogP contribution in [0.4, 0.5) is 11.5 Å². The van der Waals surface area contributed by atoms with E-state index < -0.39 is 15.9 Å². The number of aryl methyl sites for hydroxylation is 1. The maximum Gasteiger partial charge on any atom is 0.263 e. The van der Waals surface area contributed by atoms with Crippen LogP contribution in [0, 0.1) is 6.92 Å². The number of nitrogens with zero attached hydrogens (tertiary/aromatic N) is 1. The molecule has 3 aromatic rings. The minimum absolute atomic E-state index is 0.00675. The molecule has 1 aromatic heterocycles. The SMILES string of the molecule is Cc1ccc(C(=O)Nc2ccc(Br)cc2)cc1S(=O)(=O)Nc1ccc(Cl)cn1. The number of carbonyl (C=O) groups is 1. The zero-order valence-electron chi connectivity index (χ0n) is 14.6. The number of hydrogen-bond acceptors (Lipinski definition) is 4. The normalized spacial score (nSPS) is 11.1. The van der Waals surface area contributed by atoms with Crippen molar-refractivity contribution < 1.29 is 13.2 Å². The van der Waals surface area contributed by atoms with Gasteiger partial charge in [-0.2, -0.15) is 0 Å². The third-order valence-electron chi connectivity index (χ3n) is 3.81. The number of pyridine rings is 1. The highest BCUT2D eigenvalue weighted by molar-refractivity contribution is 9.10. The van der Waals surface area contributed by atoms with Crippen molar-refractivity contribution in [3.63, 3.8) is 0 Å². The minimum Gasteiger partial charge on any atom is -0.322 e. The van der Waals surface area contributed by atoms with Crippen molar-refractivity contribution in [3.05, 3.63) is 81.4 Å². The first-order chi connectivity index (χ1) is 13.2. The van der Waals surface area contributed by atoms with Crippen molar-refractivity contribution in [2.24, 2.45) is 0 Å². The summed E-state index contributed by atoms with van der Waals surface area (Å²) in [4.78, 5) is 16.4. The Morgan fingerprint density at radius 2 is 1.79 bits per heavy atom. The third-order valence-corrected chi connectivity index (χ3v) is 6.06. The van der Waals surface area contributed by atoms with Gasteiger partial charge in [-0.05, 0) is 61.0 Å². The summed E-state index contributed by atoms with van der Waals surface area (Å²) in [5.74, 6) is -0.281. The predicted molar refractivity (Wildman–Crippen MR) is 113 cm³/mol. The average Bonchev–Trinajstić information content (AvgIpc) is 2.65. The van der Waals surface area contributed by atoms with Crippen LogP contribution in [0.1, 0.15) is 15.9 Å². The van der Waals surface area contributed by atoms with Gasteiger partial charge in [0.25, 0.3) is 15.9 Å². The van der Waals surface area contributed by atoms with Gasteiger partial charge in [-0.25, -0.2) is 13.4 Å². The molecule has 0 radical (unpaired) electrons. The first-order valence-electron chi connectivity index (χ1n) is 8.06. The van der Waals surface area contributed by atoms with Gasteiger partial charge in [-0.3, -0.25) is 9.52 Å². The second kappa shape index (κ2) is 8.30. The van der Waals surface area contributed by atoms with Crippen LogP contribution < -0.4 is 10.0 Å². The molecule has 0 spiro atoms. The Morgan fingerprint density at radius 1 is 1.07 bits per heavy atom. The maximum atomic E-state index is 12.8. The summed E-state index contributed by atoms with van der Waals surface area (Å²) in [7, 11) is -3.93. The van der Waals surface area contributed by atoms with Crippen molar-refractivity contribution in [2.75, 3.05) is 10.0 Å². The fourth-order valence-electron chi connectivity index (χ4n) is 2.40. The Bertz CT molecular complexity index is 1120. The second-order valence-electron chi connectivity index (χ2n) is 5.91. The van der Waals surface area contributed by atoms with E-state index in [1.165, 1.54) is 24.4 Å². The first-order valence-corrected chi connectivity index (χ1v) is 10.7. The predicted octanol–water partition coefficient (Wildman–Crippen LogP) is 4.86. The van der Waals surface area contributed by atoms with E-state index in [0.29, 0.717) is 16.3 Å². The number of anilines is 2. The zero-order chi connectivity index (χ0) is 20.3. The lowest BCUT2D eigenvalue weighted by molar-refractivity contribution is 0.102. The molecule has 0 unspecified atom stereocenters. The Hall–Kier alpha value is -2.42. The van der Waals surface area contributed by atoms with Crippen molar-refractivity contribution in [1.29, 1.82) is 0 Å². The van der Waals surface area contributed by atoms with Gasteiger partial charge in [-0.1, -0.05) is 33.6 Å². The maximum absolute atomic E-state index is 12.8. The third kappa shape index (κ3) is 4.89. The van der Waals surface area contributed by atoms with Gasteiger partial charge < -0.3 is 5.32 Å². The van der Waals surface area contributed by atoms with E-state index >= 15 is 0 Å². The van der Waals surface area contributed by atoms with Gasteiger partial charge in [0.15, 0.2) is 0 Å². The van der Waals surface area contributed by atoms with Crippen LogP contribution in [0.3, 0.4) is 0 Å². The number of hydrogen-bond donors (Lipinski definition) is 2.